The van der Waals surface area contributed by atoms with Gasteiger partial charge in [-0.1, -0.05) is 37.6 Å². The van der Waals surface area contributed by atoms with E-state index in [1.807, 2.05) is 25.1 Å². The van der Waals surface area contributed by atoms with Gasteiger partial charge in [-0.25, -0.2) is 4.79 Å². The smallest absolute Gasteiger partial charge is 0.339 e. The minimum atomic E-state index is -1.04. The number of aromatic carboxylic acids is 1. The molecule has 0 aliphatic carbocycles. The lowest BCUT2D eigenvalue weighted by atomic mass is 10.0. The van der Waals surface area contributed by atoms with Gasteiger partial charge in [-0.05, 0) is 42.2 Å². The van der Waals surface area contributed by atoms with Crippen molar-refractivity contribution in [3.05, 3.63) is 58.1 Å². The molecule has 0 fully saturated rings. The minimum absolute atomic E-state index is 0.0932. The molecule has 2 aromatic rings. The van der Waals surface area contributed by atoms with Gasteiger partial charge in [0.2, 0.25) is 0 Å². The van der Waals surface area contributed by atoms with E-state index in [1.54, 1.807) is 0 Å². The number of carboxylic acid groups (broad SMARTS) is 1. The summed E-state index contributed by atoms with van der Waals surface area (Å²) < 4.78 is 5.86. The van der Waals surface area contributed by atoms with E-state index in [1.165, 1.54) is 18.2 Å². The molecular formula is C17H17ClO3. The summed E-state index contributed by atoms with van der Waals surface area (Å²) in [7, 11) is 0. The van der Waals surface area contributed by atoms with Crippen LogP contribution in [0, 0.1) is 6.92 Å². The fraction of sp³-hybridized carbons (Fsp3) is 0.235. The number of carboxylic acids is 1. The summed E-state index contributed by atoms with van der Waals surface area (Å²) in [6.07, 6.45) is 0. The first kappa shape index (κ1) is 15.4. The van der Waals surface area contributed by atoms with Crippen molar-refractivity contribution >= 4 is 17.6 Å². The van der Waals surface area contributed by atoms with E-state index in [9.17, 15) is 9.90 Å². The van der Waals surface area contributed by atoms with Gasteiger partial charge in [0.05, 0.1) is 0 Å². The topological polar surface area (TPSA) is 46.5 Å². The lowest BCUT2D eigenvalue weighted by Gasteiger charge is -2.16. The summed E-state index contributed by atoms with van der Waals surface area (Å²) in [5.41, 5.74) is 2.17. The van der Waals surface area contributed by atoms with Gasteiger partial charge in [0, 0.05) is 11.1 Å². The Bertz CT molecular complexity index is 678. The number of carbonyl (C=O) groups is 1. The van der Waals surface area contributed by atoms with Gasteiger partial charge < -0.3 is 9.84 Å². The number of halogens is 1. The van der Waals surface area contributed by atoms with Crippen LogP contribution in [0.3, 0.4) is 0 Å². The normalized spacial score (nSPS) is 10.7. The highest BCUT2D eigenvalue weighted by Gasteiger charge is 2.15. The molecule has 4 heteroatoms. The van der Waals surface area contributed by atoms with Crippen molar-refractivity contribution in [2.24, 2.45) is 0 Å². The molecule has 0 unspecified atom stereocenters. The molecule has 0 saturated heterocycles. The Morgan fingerprint density at radius 1 is 1.14 bits per heavy atom. The summed E-state index contributed by atoms with van der Waals surface area (Å²) in [6.45, 7) is 6.09. The van der Waals surface area contributed by atoms with E-state index in [0.29, 0.717) is 10.8 Å². The first-order chi connectivity index (χ1) is 9.88. The van der Waals surface area contributed by atoms with Crippen LogP contribution in [0.25, 0.3) is 0 Å². The lowest BCUT2D eigenvalue weighted by Crippen LogP contribution is -2.01. The predicted octanol–water partition coefficient (Wildman–Crippen LogP) is 5.26. The summed E-state index contributed by atoms with van der Waals surface area (Å²) in [6, 6.07) is 10.4. The molecule has 110 valence electrons. The number of ether oxygens (including phenoxy) is 1. The minimum Gasteiger partial charge on any atom is -0.478 e. The third kappa shape index (κ3) is 3.56. The number of benzene rings is 2. The van der Waals surface area contributed by atoms with Crippen LogP contribution in [-0.2, 0) is 0 Å². The third-order valence-corrected chi connectivity index (χ3v) is 3.42. The van der Waals surface area contributed by atoms with Gasteiger partial charge in [-0.15, -0.1) is 0 Å². The third-order valence-electron chi connectivity index (χ3n) is 3.19. The van der Waals surface area contributed by atoms with Crippen molar-refractivity contribution < 1.29 is 14.6 Å². The Morgan fingerprint density at radius 3 is 2.48 bits per heavy atom. The second-order valence-corrected chi connectivity index (χ2v) is 5.68. The van der Waals surface area contributed by atoms with Crippen molar-refractivity contribution in [1.82, 2.24) is 0 Å². The zero-order valence-electron chi connectivity index (χ0n) is 12.2. The Morgan fingerprint density at radius 2 is 1.86 bits per heavy atom. The SMILES string of the molecule is Cc1ccc(C(C)C)c(Oc2cc(Cl)ccc2C(=O)O)c1. The molecule has 0 amide bonds. The highest BCUT2D eigenvalue weighted by atomic mass is 35.5. The van der Waals surface area contributed by atoms with Gasteiger partial charge in [0.15, 0.2) is 0 Å². The van der Waals surface area contributed by atoms with Crippen molar-refractivity contribution in [3.63, 3.8) is 0 Å². The van der Waals surface area contributed by atoms with E-state index >= 15 is 0 Å². The van der Waals surface area contributed by atoms with E-state index in [4.69, 9.17) is 16.3 Å². The average Bonchev–Trinajstić information content (AvgIpc) is 2.38. The maximum atomic E-state index is 11.3. The standard InChI is InChI=1S/C17H17ClO3/c1-10(2)13-6-4-11(3)8-15(13)21-16-9-12(18)5-7-14(16)17(19)20/h4-10H,1-3H3,(H,19,20). The highest BCUT2D eigenvalue weighted by Crippen LogP contribution is 2.34. The largest absolute Gasteiger partial charge is 0.478 e. The van der Waals surface area contributed by atoms with Crippen LogP contribution in [0.5, 0.6) is 11.5 Å². The fourth-order valence-corrected chi connectivity index (χ4v) is 2.24. The van der Waals surface area contributed by atoms with E-state index in [2.05, 4.69) is 13.8 Å². The Hall–Kier alpha value is -2.00. The molecule has 0 aliphatic rings. The van der Waals surface area contributed by atoms with Gasteiger partial charge >= 0.3 is 5.97 Å². The zero-order valence-corrected chi connectivity index (χ0v) is 12.9. The molecule has 1 N–H and O–H groups in total. The summed E-state index contributed by atoms with van der Waals surface area (Å²) in [5.74, 6) is 0.144. The molecule has 2 rings (SSSR count). The number of rotatable bonds is 4. The summed E-state index contributed by atoms with van der Waals surface area (Å²) in [4.78, 5) is 11.3. The van der Waals surface area contributed by atoms with Gasteiger partial charge in [-0.3, -0.25) is 0 Å². The van der Waals surface area contributed by atoms with Crippen LogP contribution in [0.15, 0.2) is 36.4 Å². The quantitative estimate of drug-likeness (QED) is 0.837. The maximum Gasteiger partial charge on any atom is 0.339 e. The molecule has 0 aromatic heterocycles. The van der Waals surface area contributed by atoms with Crippen LogP contribution in [0.4, 0.5) is 0 Å². The van der Waals surface area contributed by atoms with Crippen molar-refractivity contribution in [3.8, 4) is 11.5 Å². The van der Waals surface area contributed by atoms with Crippen LogP contribution < -0.4 is 4.74 Å². The molecule has 3 nitrogen and oxygen atoms in total. The molecule has 0 atom stereocenters. The Kier molecular flexibility index (Phi) is 4.53. The predicted molar refractivity (Wildman–Crippen MR) is 83.8 cm³/mol. The van der Waals surface area contributed by atoms with E-state index in [-0.39, 0.29) is 17.2 Å². The molecule has 21 heavy (non-hydrogen) atoms. The van der Waals surface area contributed by atoms with Crippen molar-refractivity contribution in [1.29, 1.82) is 0 Å². The molecule has 2 aromatic carbocycles. The number of hydrogen-bond donors (Lipinski definition) is 1. The van der Waals surface area contributed by atoms with E-state index in [0.717, 1.165) is 11.1 Å². The first-order valence-corrected chi connectivity index (χ1v) is 7.07. The Balaban J connectivity index is 2.49. The lowest BCUT2D eigenvalue weighted by molar-refractivity contribution is 0.0694. The van der Waals surface area contributed by atoms with Gasteiger partial charge in [-0.2, -0.15) is 0 Å². The number of aryl methyl sites for hydroxylation is 1. The second kappa shape index (κ2) is 6.19. The highest BCUT2D eigenvalue weighted by molar-refractivity contribution is 6.30. The first-order valence-electron chi connectivity index (χ1n) is 6.69. The van der Waals surface area contributed by atoms with Crippen LogP contribution in [0.2, 0.25) is 5.02 Å². The van der Waals surface area contributed by atoms with Crippen molar-refractivity contribution in [2.75, 3.05) is 0 Å². The molecule has 0 radical (unpaired) electrons. The molecule has 0 spiro atoms. The van der Waals surface area contributed by atoms with Gasteiger partial charge in [0.25, 0.3) is 0 Å². The fourth-order valence-electron chi connectivity index (χ4n) is 2.08. The van der Waals surface area contributed by atoms with Crippen LogP contribution in [-0.4, -0.2) is 11.1 Å². The molecule has 0 saturated carbocycles. The molecule has 0 bridgehead atoms. The molecule has 0 aliphatic heterocycles. The average molecular weight is 305 g/mol. The molecular weight excluding hydrogens is 288 g/mol. The Labute approximate surface area is 129 Å². The van der Waals surface area contributed by atoms with Gasteiger partial charge in [0.1, 0.15) is 17.1 Å². The maximum absolute atomic E-state index is 11.3. The van der Waals surface area contributed by atoms with Crippen molar-refractivity contribution in [2.45, 2.75) is 26.7 Å². The summed E-state index contributed by atoms with van der Waals surface area (Å²) in [5, 5.41) is 9.68. The van der Waals surface area contributed by atoms with Crippen LogP contribution in [0.1, 0.15) is 41.3 Å². The molecule has 0 heterocycles. The monoisotopic (exact) mass is 304 g/mol. The van der Waals surface area contributed by atoms with Crippen LogP contribution >= 0.6 is 11.6 Å². The number of hydrogen-bond acceptors (Lipinski definition) is 2. The zero-order chi connectivity index (χ0) is 15.6. The summed E-state index contributed by atoms with van der Waals surface area (Å²) >= 11 is 5.95. The van der Waals surface area contributed by atoms with E-state index < -0.39 is 5.97 Å². The second-order valence-electron chi connectivity index (χ2n) is 5.24.